The number of hydrogen-bond donors (Lipinski definition) is 3. The van der Waals surface area contributed by atoms with Gasteiger partial charge in [-0.15, -0.1) is 0 Å². The third-order valence-electron chi connectivity index (χ3n) is 9.52. The number of aromatic nitrogens is 1. The highest BCUT2D eigenvalue weighted by molar-refractivity contribution is 6.10. The van der Waals surface area contributed by atoms with E-state index in [-0.39, 0.29) is 18.0 Å². The normalized spacial score (nSPS) is 14.3. The van der Waals surface area contributed by atoms with E-state index in [2.05, 4.69) is 67.8 Å². The number of pyridine rings is 1. The Hall–Kier alpha value is -3.23. The summed E-state index contributed by atoms with van der Waals surface area (Å²) in [6.45, 7) is 22.5. The van der Waals surface area contributed by atoms with Crippen molar-refractivity contribution in [1.82, 2.24) is 15.2 Å². The van der Waals surface area contributed by atoms with E-state index in [1.807, 2.05) is 39.0 Å². The molecule has 1 aromatic heterocycles. The molecule has 2 aromatic rings. The van der Waals surface area contributed by atoms with E-state index in [0.717, 1.165) is 78.5 Å². The molecule has 1 aromatic carbocycles. The molecule has 1 saturated heterocycles. The first-order valence-electron chi connectivity index (χ1n) is 18.4. The molecule has 1 fully saturated rings. The molecule has 0 radical (unpaired) electrons. The molecule has 1 aliphatic rings. The lowest BCUT2D eigenvalue weighted by Gasteiger charge is -2.34. The van der Waals surface area contributed by atoms with Crippen LogP contribution >= 0.6 is 0 Å². The molecule has 1 aliphatic heterocycles. The van der Waals surface area contributed by atoms with E-state index >= 15 is 0 Å². The highest BCUT2D eigenvalue weighted by atomic mass is 16.5. The zero-order valence-corrected chi connectivity index (χ0v) is 31.6. The maximum absolute atomic E-state index is 13.4. The van der Waals surface area contributed by atoms with Gasteiger partial charge in [0.25, 0.3) is 11.5 Å². The fourth-order valence-corrected chi connectivity index (χ4v) is 6.24. The number of hydrogen-bond acceptors (Lipinski definition) is 6. The molecular formula is C40H65N5O3. The zero-order valence-electron chi connectivity index (χ0n) is 31.6. The van der Waals surface area contributed by atoms with Crippen molar-refractivity contribution < 1.29 is 9.53 Å². The van der Waals surface area contributed by atoms with Crippen molar-refractivity contribution in [2.24, 2.45) is 5.92 Å². The van der Waals surface area contributed by atoms with Crippen molar-refractivity contribution in [2.75, 3.05) is 44.8 Å². The van der Waals surface area contributed by atoms with Crippen LogP contribution in [0, 0.1) is 32.1 Å². The molecule has 268 valence electrons. The monoisotopic (exact) mass is 664 g/mol. The predicted molar refractivity (Wildman–Crippen MR) is 204 cm³/mol. The van der Waals surface area contributed by atoms with E-state index in [9.17, 15) is 9.59 Å². The SMILES string of the molecule is CCC/C=C(\C=N)c1cc(C(=O)NCc2c(C)cc(C)[nH]c2=O)c(C)c(N(C)C2CCOCC2)c1.CCCN(CCC)CCC(C)CC. The number of nitrogens with zero attached hydrogens (tertiary/aromatic N) is 2. The Labute approximate surface area is 291 Å². The van der Waals surface area contributed by atoms with Crippen molar-refractivity contribution in [3.05, 3.63) is 68.1 Å². The van der Waals surface area contributed by atoms with Crippen molar-refractivity contribution >= 4 is 23.4 Å². The van der Waals surface area contributed by atoms with Gasteiger partial charge in [0.15, 0.2) is 0 Å². The molecule has 1 amide bonds. The number of allylic oxidation sites excluding steroid dienone is 2. The van der Waals surface area contributed by atoms with Crippen LogP contribution in [0.4, 0.5) is 5.69 Å². The summed E-state index contributed by atoms with van der Waals surface area (Å²) in [7, 11) is 2.07. The maximum atomic E-state index is 13.4. The summed E-state index contributed by atoms with van der Waals surface area (Å²) in [5.74, 6) is 0.668. The zero-order chi connectivity index (χ0) is 35.6. The van der Waals surface area contributed by atoms with Crippen LogP contribution in [-0.2, 0) is 11.3 Å². The second-order valence-corrected chi connectivity index (χ2v) is 13.5. The first-order chi connectivity index (χ1) is 23.0. The Bertz CT molecular complexity index is 1370. The van der Waals surface area contributed by atoms with Gasteiger partial charge in [-0.1, -0.05) is 53.5 Å². The largest absolute Gasteiger partial charge is 0.381 e. The minimum Gasteiger partial charge on any atom is -0.381 e. The summed E-state index contributed by atoms with van der Waals surface area (Å²) in [4.78, 5) is 33.5. The van der Waals surface area contributed by atoms with Crippen LogP contribution in [0.2, 0.25) is 0 Å². The number of ether oxygens (including phenoxy) is 1. The van der Waals surface area contributed by atoms with E-state index < -0.39 is 0 Å². The molecule has 2 heterocycles. The molecule has 8 nitrogen and oxygen atoms in total. The number of carbonyl (C=O) groups is 1. The summed E-state index contributed by atoms with van der Waals surface area (Å²) in [5.41, 5.74) is 6.10. The number of unbranched alkanes of at least 4 members (excludes halogenated alkanes) is 1. The molecular weight excluding hydrogens is 598 g/mol. The van der Waals surface area contributed by atoms with Crippen molar-refractivity contribution in [2.45, 2.75) is 119 Å². The number of amides is 1. The fourth-order valence-electron chi connectivity index (χ4n) is 6.24. The van der Waals surface area contributed by atoms with Gasteiger partial charge in [-0.2, -0.15) is 0 Å². The standard InChI is InChI=1S/C28H38N4O3.C12H27N/c1-6-7-8-21(16-29)22-14-24(20(4)26(15-22)32(5)23-9-11-35-12-10-23)27(33)30-17-25-18(2)13-19(3)31-28(25)34;1-5-9-13(10-6-2)11-8-12(4)7-3/h8,13-16,23,29H,6-7,9-12,17H2,1-5H3,(H,30,33)(H,31,34);12H,5-11H2,1-4H3/b21-8+,29-16?;. The van der Waals surface area contributed by atoms with E-state index in [4.69, 9.17) is 10.1 Å². The van der Waals surface area contributed by atoms with Crippen LogP contribution in [0.5, 0.6) is 0 Å². The summed E-state index contributed by atoms with van der Waals surface area (Å²) in [6, 6.07) is 6.18. The molecule has 48 heavy (non-hydrogen) atoms. The molecule has 3 rings (SSSR count). The van der Waals surface area contributed by atoms with E-state index in [1.165, 1.54) is 51.5 Å². The Morgan fingerprint density at radius 3 is 2.27 bits per heavy atom. The minimum atomic E-state index is -0.231. The fraction of sp³-hybridized carbons (Fsp3) is 0.625. The van der Waals surface area contributed by atoms with Gasteiger partial charge in [0.2, 0.25) is 0 Å². The number of anilines is 1. The van der Waals surface area contributed by atoms with E-state index in [0.29, 0.717) is 17.2 Å². The number of rotatable bonds is 17. The Morgan fingerprint density at radius 2 is 1.71 bits per heavy atom. The predicted octanol–water partition coefficient (Wildman–Crippen LogP) is 8.22. The first-order valence-corrected chi connectivity index (χ1v) is 18.4. The van der Waals surface area contributed by atoms with Crippen LogP contribution in [0.3, 0.4) is 0 Å². The van der Waals surface area contributed by atoms with Crippen molar-refractivity contribution in [1.29, 1.82) is 5.41 Å². The van der Waals surface area contributed by atoms with Crippen LogP contribution in [-0.4, -0.2) is 67.9 Å². The molecule has 0 bridgehead atoms. The molecule has 1 unspecified atom stereocenters. The lowest BCUT2D eigenvalue weighted by molar-refractivity contribution is 0.0854. The number of benzene rings is 1. The topological polar surface area (TPSA) is 102 Å². The van der Waals surface area contributed by atoms with Crippen LogP contribution in [0.25, 0.3) is 5.57 Å². The second kappa shape index (κ2) is 21.7. The molecule has 3 N–H and O–H groups in total. The Kier molecular flexibility index (Phi) is 18.5. The summed E-state index contributed by atoms with van der Waals surface area (Å²) in [6.07, 6.45) is 12.4. The average molecular weight is 664 g/mol. The number of nitrogens with one attached hydrogen (secondary N) is 3. The van der Waals surface area contributed by atoms with Crippen LogP contribution in [0.1, 0.15) is 124 Å². The van der Waals surface area contributed by atoms with Crippen molar-refractivity contribution in [3.8, 4) is 0 Å². The lowest BCUT2D eigenvalue weighted by Crippen LogP contribution is -2.37. The molecule has 0 saturated carbocycles. The molecule has 8 heteroatoms. The number of carbonyl (C=O) groups excluding carboxylic acids is 1. The highest BCUT2D eigenvalue weighted by Crippen LogP contribution is 2.31. The average Bonchev–Trinajstić information content (AvgIpc) is 3.07. The van der Waals surface area contributed by atoms with Gasteiger partial charge in [0, 0.05) is 61.6 Å². The molecule has 1 atom stereocenters. The number of aryl methyl sites for hydroxylation is 2. The second-order valence-electron chi connectivity index (χ2n) is 13.5. The third-order valence-corrected chi connectivity index (χ3v) is 9.52. The summed E-state index contributed by atoms with van der Waals surface area (Å²) in [5, 5.41) is 10.9. The minimum absolute atomic E-state index is 0.151. The highest BCUT2D eigenvalue weighted by Gasteiger charge is 2.23. The first kappa shape index (κ1) is 40.9. The van der Waals surface area contributed by atoms with Gasteiger partial charge in [-0.3, -0.25) is 9.59 Å². The maximum Gasteiger partial charge on any atom is 0.253 e. The summed E-state index contributed by atoms with van der Waals surface area (Å²) >= 11 is 0. The van der Waals surface area contributed by atoms with Gasteiger partial charge in [-0.25, -0.2) is 0 Å². The quantitative estimate of drug-likeness (QED) is 0.148. The van der Waals surface area contributed by atoms with Gasteiger partial charge in [0.05, 0.1) is 0 Å². The van der Waals surface area contributed by atoms with Gasteiger partial charge >= 0.3 is 0 Å². The van der Waals surface area contributed by atoms with Gasteiger partial charge in [-0.05, 0) is 125 Å². The smallest absolute Gasteiger partial charge is 0.253 e. The van der Waals surface area contributed by atoms with Crippen LogP contribution in [0.15, 0.2) is 29.1 Å². The van der Waals surface area contributed by atoms with Crippen molar-refractivity contribution in [3.63, 3.8) is 0 Å². The van der Waals surface area contributed by atoms with Gasteiger partial charge < -0.3 is 30.2 Å². The van der Waals surface area contributed by atoms with Gasteiger partial charge in [0.1, 0.15) is 0 Å². The van der Waals surface area contributed by atoms with E-state index in [1.54, 1.807) is 0 Å². The Morgan fingerprint density at radius 1 is 1.04 bits per heavy atom. The molecule has 0 spiro atoms. The van der Waals surface area contributed by atoms with Crippen LogP contribution < -0.4 is 15.8 Å². The molecule has 0 aliphatic carbocycles. The Balaban J connectivity index is 0.000000521. The third kappa shape index (κ3) is 12.7. The lowest BCUT2D eigenvalue weighted by atomic mass is 9.95. The summed E-state index contributed by atoms with van der Waals surface area (Å²) < 4.78 is 5.54. The number of H-pyrrole nitrogens is 1. The number of aromatic amines is 1.